The van der Waals surface area contributed by atoms with Gasteiger partial charge in [0.05, 0.1) is 0 Å². The topological polar surface area (TPSA) is 131 Å². The molecular weight excluding hydrogens is 484 g/mol. The van der Waals surface area contributed by atoms with Gasteiger partial charge in [-0.3, -0.25) is 14.4 Å². The molecule has 9 heteroatoms. The van der Waals surface area contributed by atoms with E-state index in [1.165, 1.54) is 0 Å². The van der Waals surface area contributed by atoms with Crippen molar-refractivity contribution in [3.05, 3.63) is 34.9 Å². The Balaban J connectivity index is 3.58. The van der Waals surface area contributed by atoms with E-state index >= 15 is 0 Å². The molecule has 0 saturated carbocycles. The van der Waals surface area contributed by atoms with Gasteiger partial charge in [0.2, 0.25) is 17.7 Å². The average molecular weight is 533 g/mol. The molecule has 38 heavy (non-hydrogen) atoms. The second kappa shape index (κ2) is 15.3. The van der Waals surface area contributed by atoms with Crippen molar-refractivity contribution in [3.63, 3.8) is 0 Å². The lowest BCUT2D eigenvalue weighted by Crippen LogP contribution is -2.56. The lowest BCUT2D eigenvalue weighted by Gasteiger charge is -2.39. The van der Waals surface area contributed by atoms with Crippen molar-refractivity contribution in [3.8, 4) is 0 Å². The number of carbonyl (C=O) groups excluding carboxylic acids is 4. The first-order valence-electron chi connectivity index (χ1n) is 13.7. The molecule has 1 aromatic carbocycles. The van der Waals surface area contributed by atoms with E-state index in [1.807, 2.05) is 45.9 Å². The number of benzene rings is 1. The molecule has 0 aliphatic heterocycles. The number of alkyl carbamates (subject to hydrolysis) is 1. The van der Waals surface area contributed by atoms with Gasteiger partial charge in [0, 0.05) is 19.0 Å². The van der Waals surface area contributed by atoms with Gasteiger partial charge in [-0.05, 0) is 77.5 Å². The van der Waals surface area contributed by atoms with Gasteiger partial charge >= 0.3 is 6.09 Å². The van der Waals surface area contributed by atoms with Gasteiger partial charge in [-0.2, -0.15) is 0 Å². The average Bonchev–Trinajstić information content (AvgIpc) is 2.81. The number of nitrogens with one attached hydrogen (secondary N) is 2. The first-order chi connectivity index (χ1) is 17.7. The molecule has 0 saturated heterocycles. The van der Waals surface area contributed by atoms with Crippen LogP contribution in [0.15, 0.2) is 18.2 Å². The van der Waals surface area contributed by atoms with Crippen LogP contribution in [0.4, 0.5) is 4.79 Å². The molecule has 0 aromatic heterocycles. The van der Waals surface area contributed by atoms with E-state index in [2.05, 4.69) is 17.6 Å². The van der Waals surface area contributed by atoms with Crippen molar-refractivity contribution >= 4 is 23.8 Å². The summed E-state index contributed by atoms with van der Waals surface area (Å²) in [7, 11) is 0. The Bertz CT molecular complexity index is 937. The van der Waals surface area contributed by atoms with E-state index in [-0.39, 0.29) is 24.8 Å². The van der Waals surface area contributed by atoms with Crippen molar-refractivity contribution in [2.45, 2.75) is 118 Å². The molecule has 0 fully saturated rings. The molecule has 0 heterocycles. The van der Waals surface area contributed by atoms with Gasteiger partial charge in [-0.1, -0.05) is 44.9 Å². The SMILES string of the molecule is CCCCCNC(=O)C(c1c(C)cccc1C)N(C(=O)C(CCC(N)=O)NC(=O)OC(C)(C)C)C(C)CC. The van der Waals surface area contributed by atoms with Gasteiger partial charge < -0.3 is 26.0 Å². The highest BCUT2D eigenvalue weighted by Crippen LogP contribution is 2.31. The lowest BCUT2D eigenvalue weighted by atomic mass is 9.92. The third-order valence-corrected chi connectivity index (χ3v) is 6.41. The number of ether oxygens (including phenoxy) is 1. The second-order valence-corrected chi connectivity index (χ2v) is 10.9. The van der Waals surface area contributed by atoms with Crippen molar-refractivity contribution in [1.29, 1.82) is 0 Å². The molecular formula is C29H48N4O5. The number of hydrogen-bond acceptors (Lipinski definition) is 5. The Labute approximate surface area is 228 Å². The van der Waals surface area contributed by atoms with Gasteiger partial charge in [0.25, 0.3) is 0 Å². The number of nitrogens with two attached hydrogens (primary N) is 1. The molecule has 4 N–H and O–H groups in total. The Morgan fingerprint density at radius 2 is 1.66 bits per heavy atom. The van der Waals surface area contributed by atoms with E-state index in [0.717, 1.165) is 36.0 Å². The zero-order chi connectivity index (χ0) is 29.0. The Morgan fingerprint density at radius 1 is 1.05 bits per heavy atom. The smallest absolute Gasteiger partial charge is 0.408 e. The maximum absolute atomic E-state index is 14.2. The normalized spacial score (nSPS) is 13.7. The lowest BCUT2D eigenvalue weighted by molar-refractivity contribution is -0.145. The number of rotatable bonds is 14. The maximum Gasteiger partial charge on any atom is 0.408 e. The zero-order valence-corrected chi connectivity index (χ0v) is 24.5. The van der Waals surface area contributed by atoms with Crippen LogP contribution in [0.2, 0.25) is 0 Å². The van der Waals surface area contributed by atoms with Gasteiger partial charge in [-0.25, -0.2) is 4.79 Å². The van der Waals surface area contributed by atoms with Gasteiger partial charge in [0.15, 0.2) is 0 Å². The molecule has 4 amide bonds. The summed E-state index contributed by atoms with van der Waals surface area (Å²) in [5.41, 5.74) is 7.12. The summed E-state index contributed by atoms with van der Waals surface area (Å²) in [5.74, 6) is -1.34. The molecule has 3 unspecified atom stereocenters. The number of unbranched alkanes of at least 4 members (excludes halogenated alkanes) is 2. The Morgan fingerprint density at radius 3 is 2.16 bits per heavy atom. The van der Waals surface area contributed by atoms with Crippen LogP contribution >= 0.6 is 0 Å². The summed E-state index contributed by atoms with van der Waals surface area (Å²) in [4.78, 5) is 53.8. The van der Waals surface area contributed by atoms with Crippen molar-refractivity contribution in [2.24, 2.45) is 5.73 Å². The largest absolute Gasteiger partial charge is 0.444 e. The quantitative estimate of drug-likeness (QED) is 0.305. The number of nitrogens with zero attached hydrogens (tertiary/aromatic N) is 1. The molecule has 214 valence electrons. The predicted octanol–water partition coefficient (Wildman–Crippen LogP) is 4.44. The highest BCUT2D eigenvalue weighted by atomic mass is 16.6. The summed E-state index contributed by atoms with van der Waals surface area (Å²) in [6.45, 7) is 15.4. The highest BCUT2D eigenvalue weighted by Gasteiger charge is 2.39. The summed E-state index contributed by atoms with van der Waals surface area (Å²) in [6, 6.07) is 3.39. The van der Waals surface area contributed by atoms with Crippen LogP contribution in [0.1, 0.15) is 103 Å². The van der Waals surface area contributed by atoms with Gasteiger partial charge in [-0.15, -0.1) is 0 Å². The third kappa shape index (κ3) is 10.3. The highest BCUT2D eigenvalue weighted by molar-refractivity contribution is 5.93. The summed E-state index contributed by atoms with van der Waals surface area (Å²) >= 11 is 0. The molecule has 0 aliphatic carbocycles. The van der Waals surface area contributed by atoms with Crippen LogP contribution in [0.5, 0.6) is 0 Å². The van der Waals surface area contributed by atoms with E-state index in [4.69, 9.17) is 10.5 Å². The first-order valence-corrected chi connectivity index (χ1v) is 13.7. The van der Waals surface area contributed by atoms with Crippen LogP contribution in [0.3, 0.4) is 0 Å². The van der Waals surface area contributed by atoms with Crippen LogP contribution in [-0.4, -0.2) is 52.9 Å². The minimum absolute atomic E-state index is 0.0159. The van der Waals surface area contributed by atoms with Crippen molar-refractivity contribution in [2.75, 3.05) is 6.54 Å². The molecule has 0 bridgehead atoms. The molecule has 1 rings (SSSR count). The minimum Gasteiger partial charge on any atom is -0.444 e. The van der Waals surface area contributed by atoms with Crippen LogP contribution in [0, 0.1) is 13.8 Å². The number of primary amides is 1. The monoisotopic (exact) mass is 532 g/mol. The molecule has 1 aromatic rings. The fourth-order valence-corrected chi connectivity index (χ4v) is 4.31. The zero-order valence-electron chi connectivity index (χ0n) is 24.5. The van der Waals surface area contributed by atoms with E-state index < -0.39 is 35.6 Å². The van der Waals surface area contributed by atoms with E-state index in [0.29, 0.717) is 13.0 Å². The Hall–Kier alpha value is -3.10. The van der Waals surface area contributed by atoms with Crippen LogP contribution in [-0.2, 0) is 19.1 Å². The molecule has 3 atom stereocenters. The number of aryl methyl sites for hydroxylation is 2. The number of hydrogen-bond donors (Lipinski definition) is 3. The predicted molar refractivity (Wildman–Crippen MR) is 149 cm³/mol. The molecule has 0 aliphatic rings. The fraction of sp³-hybridized carbons (Fsp3) is 0.655. The third-order valence-electron chi connectivity index (χ3n) is 6.41. The minimum atomic E-state index is -1.11. The molecule has 9 nitrogen and oxygen atoms in total. The fourth-order valence-electron chi connectivity index (χ4n) is 4.31. The van der Waals surface area contributed by atoms with Crippen molar-refractivity contribution < 1.29 is 23.9 Å². The van der Waals surface area contributed by atoms with Gasteiger partial charge in [0.1, 0.15) is 17.7 Å². The summed E-state index contributed by atoms with van der Waals surface area (Å²) < 4.78 is 5.38. The van der Waals surface area contributed by atoms with Crippen molar-refractivity contribution in [1.82, 2.24) is 15.5 Å². The second-order valence-electron chi connectivity index (χ2n) is 10.9. The summed E-state index contributed by atoms with van der Waals surface area (Å²) in [6.07, 6.45) is 2.50. The van der Waals surface area contributed by atoms with Crippen LogP contribution < -0.4 is 16.4 Å². The maximum atomic E-state index is 14.2. The molecule has 0 radical (unpaired) electrons. The van der Waals surface area contributed by atoms with E-state index in [1.54, 1.807) is 25.7 Å². The van der Waals surface area contributed by atoms with Crippen LogP contribution in [0.25, 0.3) is 0 Å². The Kier molecular flexibility index (Phi) is 13.3. The van der Waals surface area contributed by atoms with E-state index in [9.17, 15) is 19.2 Å². The standard InChI is InChI=1S/C29H48N4O5/c1-9-11-12-18-31-26(35)25(24-19(3)14-13-15-20(24)4)33(21(5)10-2)27(36)22(16-17-23(30)34)32-28(37)38-29(6,7)8/h13-15,21-22,25H,9-12,16-18H2,1-8H3,(H2,30,34)(H,31,35)(H,32,37). The first kappa shape index (κ1) is 32.9. The number of carbonyl (C=O) groups is 4. The molecule has 0 spiro atoms. The number of amides is 4. The summed E-state index contributed by atoms with van der Waals surface area (Å²) in [5, 5.41) is 5.66.